The van der Waals surface area contributed by atoms with Crippen LogP contribution in [0.4, 0.5) is 0 Å². The molecule has 0 aromatic carbocycles. The summed E-state index contributed by atoms with van der Waals surface area (Å²) in [5, 5.41) is 0. The molecule has 2 nitrogen and oxygen atoms in total. The van der Waals surface area contributed by atoms with Gasteiger partial charge in [0, 0.05) is 6.42 Å². The molecule has 1 rings (SSSR count). The third-order valence-corrected chi connectivity index (χ3v) is 3.27. The number of thiophene rings is 1. The zero-order valence-electron chi connectivity index (χ0n) is 8.04. The van der Waals surface area contributed by atoms with Crippen molar-refractivity contribution in [2.45, 2.75) is 20.3 Å². The lowest BCUT2D eigenvalue weighted by Crippen LogP contribution is -2.14. The molecule has 0 fully saturated rings. The van der Waals surface area contributed by atoms with Crippen molar-refractivity contribution < 1.29 is 9.59 Å². The van der Waals surface area contributed by atoms with E-state index in [1.807, 2.05) is 13.8 Å². The second-order valence-corrected chi connectivity index (χ2v) is 5.92. The molecule has 0 amide bonds. The summed E-state index contributed by atoms with van der Waals surface area (Å²) in [4.78, 5) is 23.5. The van der Waals surface area contributed by atoms with Gasteiger partial charge in [-0.25, -0.2) is 0 Å². The minimum atomic E-state index is -0.366. The van der Waals surface area contributed by atoms with Gasteiger partial charge >= 0.3 is 0 Å². The molecule has 0 aliphatic heterocycles. The van der Waals surface area contributed by atoms with Crippen LogP contribution in [0.3, 0.4) is 0 Å². The summed E-state index contributed by atoms with van der Waals surface area (Å²) in [5.74, 6) is -0.432. The predicted molar refractivity (Wildman–Crippen MR) is 60.8 cm³/mol. The largest absolute Gasteiger partial charge is 0.290 e. The molecule has 4 heteroatoms. The summed E-state index contributed by atoms with van der Waals surface area (Å²) >= 11 is 4.55. The highest BCUT2D eigenvalue weighted by molar-refractivity contribution is 9.11. The standard InChI is InChI=1S/C10H11BrO2S/c1-6(2)5-7(12)10(13)8-3-4-9(11)14-8/h3-4,6H,5H2,1-2H3. The van der Waals surface area contributed by atoms with Crippen molar-refractivity contribution in [1.29, 1.82) is 0 Å². The van der Waals surface area contributed by atoms with Gasteiger partial charge in [-0.2, -0.15) is 0 Å². The van der Waals surface area contributed by atoms with Gasteiger partial charge in [-0.15, -0.1) is 11.3 Å². The molecule has 0 saturated heterocycles. The van der Waals surface area contributed by atoms with Crippen LogP contribution in [0.1, 0.15) is 29.9 Å². The first-order chi connectivity index (χ1) is 6.50. The minimum absolute atomic E-state index is 0.231. The lowest BCUT2D eigenvalue weighted by atomic mass is 10.0. The molecule has 1 aromatic rings. The van der Waals surface area contributed by atoms with Crippen LogP contribution >= 0.6 is 27.3 Å². The van der Waals surface area contributed by atoms with Gasteiger partial charge < -0.3 is 0 Å². The number of ketones is 2. The van der Waals surface area contributed by atoms with Crippen molar-refractivity contribution in [3.63, 3.8) is 0 Å². The summed E-state index contributed by atoms with van der Waals surface area (Å²) in [7, 11) is 0. The minimum Gasteiger partial charge on any atom is -0.290 e. The van der Waals surface area contributed by atoms with Crippen molar-refractivity contribution in [2.24, 2.45) is 5.92 Å². The molecular weight excluding hydrogens is 264 g/mol. The van der Waals surface area contributed by atoms with Crippen LogP contribution in [-0.2, 0) is 4.79 Å². The summed E-state index contributed by atoms with van der Waals surface area (Å²) in [5.41, 5.74) is 0. The molecule has 76 valence electrons. The van der Waals surface area contributed by atoms with Crippen LogP contribution in [0.25, 0.3) is 0 Å². The SMILES string of the molecule is CC(C)CC(=O)C(=O)c1ccc(Br)s1. The zero-order chi connectivity index (χ0) is 10.7. The maximum Gasteiger partial charge on any atom is 0.238 e. The number of rotatable bonds is 4. The highest BCUT2D eigenvalue weighted by Crippen LogP contribution is 2.23. The number of halogens is 1. The summed E-state index contributed by atoms with van der Waals surface area (Å²) in [6.07, 6.45) is 0.328. The van der Waals surface area contributed by atoms with Gasteiger partial charge in [0.05, 0.1) is 8.66 Å². The first-order valence-corrected chi connectivity index (χ1v) is 5.94. The Morgan fingerprint density at radius 1 is 1.43 bits per heavy atom. The third-order valence-electron chi connectivity index (χ3n) is 1.64. The molecule has 0 N–H and O–H groups in total. The Morgan fingerprint density at radius 2 is 2.07 bits per heavy atom. The highest BCUT2D eigenvalue weighted by Gasteiger charge is 2.18. The maximum absolute atomic E-state index is 11.5. The van der Waals surface area contributed by atoms with Gasteiger partial charge in [-0.05, 0) is 34.0 Å². The average Bonchev–Trinajstić information content (AvgIpc) is 2.49. The van der Waals surface area contributed by atoms with E-state index in [1.165, 1.54) is 11.3 Å². The molecule has 0 saturated carbocycles. The van der Waals surface area contributed by atoms with E-state index in [4.69, 9.17) is 0 Å². The smallest absolute Gasteiger partial charge is 0.238 e. The van der Waals surface area contributed by atoms with E-state index in [-0.39, 0.29) is 17.5 Å². The molecule has 1 aromatic heterocycles. The Labute approximate surface area is 95.5 Å². The summed E-state index contributed by atoms with van der Waals surface area (Å²) < 4.78 is 0.873. The maximum atomic E-state index is 11.5. The van der Waals surface area contributed by atoms with E-state index < -0.39 is 0 Å². The average molecular weight is 275 g/mol. The number of carbonyl (C=O) groups excluding carboxylic acids is 2. The van der Waals surface area contributed by atoms with Crippen LogP contribution in [0.2, 0.25) is 0 Å². The normalized spacial score (nSPS) is 10.6. The van der Waals surface area contributed by atoms with E-state index >= 15 is 0 Å². The van der Waals surface area contributed by atoms with Crippen molar-refractivity contribution in [1.82, 2.24) is 0 Å². The Balaban J connectivity index is 2.71. The van der Waals surface area contributed by atoms with E-state index in [2.05, 4.69) is 15.9 Å². The van der Waals surface area contributed by atoms with Gasteiger partial charge in [-0.3, -0.25) is 9.59 Å². The monoisotopic (exact) mass is 274 g/mol. The number of carbonyl (C=O) groups is 2. The van der Waals surface area contributed by atoms with E-state index in [1.54, 1.807) is 12.1 Å². The van der Waals surface area contributed by atoms with Gasteiger partial charge in [0.15, 0.2) is 0 Å². The second-order valence-electron chi connectivity index (χ2n) is 3.45. The predicted octanol–water partition coefficient (Wildman–Crippen LogP) is 3.31. The fourth-order valence-electron chi connectivity index (χ4n) is 1.04. The van der Waals surface area contributed by atoms with Crippen LogP contribution in [0.5, 0.6) is 0 Å². The van der Waals surface area contributed by atoms with Gasteiger partial charge in [0.25, 0.3) is 0 Å². The van der Waals surface area contributed by atoms with Gasteiger partial charge in [0.2, 0.25) is 11.6 Å². The zero-order valence-corrected chi connectivity index (χ0v) is 10.4. The second kappa shape index (κ2) is 4.84. The highest BCUT2D eigenvalue weighted by atomic mass is 79.9. The first-order valence-electron chi connectivity index (χ1n) is 4.33. The first kappa shape index (κ1) is 11.6. The van der Waals surface area contributed by atoms with E-state index in [0.29, 0.717) is 11.3 Å². The third kappa shape index (κ3) is 3.03. The summed E-state index contributed by atoms with van der Waals surface area (Å²) in [6, 6.07) is 3.45. The molecule has 0 radical (unpaired) electrons. The fraction of sp³-hybridized carbons (Fsp3) is 0.400. The van der Waals surface area contributed by atoms with Gasteiger partial charge in [-0.1, -0.05) is 13.8 Å². The molecule has 0 spiro atoms. The van der Waals surface area contributed by atoms with Crippen molar-refractivity contribution in [3.8, 4) is 0 Å². The van der Waals surface area contributed by atoms with Crippen molar-refractivity contribution in [3.05, 3.63) is 20.8 Å². The number of Topliss-reactive ketones (excluding diaryl/α,β-unsaturated/α-hetero) is 2. The summed E-state index contributed by atoms with van der Waals surface area (Å²) in [6.45, 7) is 3.85. The molecule has 0 bridgehead atoms. The number of hydrogen-bond acceptors (Lipinski definition) is 3. The Hall–Kier alpha value is -0.480. The molecule has 0 aliphatic rings. The van der Waals surface area contributed by atoms with Crippen LogP contribution < -0.4 is 0 Å². The molecule has 1 heterocycles. The van der Waals surface area contributed by atoms with E-state index in [9.17, 15) is 9.59 Å². The lowest BCUT2D eigenvalue weighted by molar-refractivity contribution is -0.115. The number of hydrogen-bond donors (Lipinski definition) is 0. The molecule has 0 aliphatic carbocycles. The molecular formula is C10H11BrO2S. The Bertz CT molecular complexity index is 355. The van der Waals surface area contributed by atoms with Crippen LogP contribution in [-0.4, -0.2) is 11.6 Å². The molecule has 14 heavy (non-hydrogen) atoms. The fourth-order valence-corrected chi connectivity index (χ4v) is 2.38. The Kier molecular flexibility index (Phi) is 4.01. The van der Waals surface area contributed by atoms with Crippen molar-refractivity contribution >= 4 is 38.8 Å². The topological polar surface area (TPSA) is 34.1 Å². The van der Waals surface area contributed by atoms with Gasteiger partial charge in [0.1, 0.15) is 0 Å². The lowest BCUT2D eigenvalue weighted by Gasteiger charge is -2.00. The van der Waals surface area contributed by atoms with Crippen molar-refractivity contribution in [2.75, 3.05) is 0 Å². The van der Waals surface area contributed by atoms with Crippen LogP contribution in [0.15, 0.2) is 15.9 Å². The Morgan fingerprint density at radius 3 is 2.50 bits per heavy atom. The quantitative estimate of drug-likeness (QED) is 0.624. The van der Waals surface area contributed by atoms with E-state index in [0.717, 1.165) is 3.79 Å². The molecule has 0 atom stereocenters. The molecule has 0 unspecified atom stereocenters. The van der Waals surface area contributed by atoms with Crippen LogP contribution in [0, 0.1) is 5.92 Å².